The van der Waals surface area contributed by atoms with E-state index < -0.39 is 6.04 Å². The minimum absolute atomic E-state index is 0.0846. The summed E-state index contributed by atoms with van der Waals surface area (Å²) in [5.41, 5.74) is 2.96. The molecule has 2 atom stereocenters. The molecule has 5 rings (SSSR count). The molecule has 158 valence electrons. The standard InChI is InChI=1S/C25H16Br2N2O3/c26-14-10-18(23(30)19(27)11-14)22-17(13-6-2-1-3-7-13)12-20(28-29-22)21-24(31)15-8-4-5-9-16(15)25(21)32/h1-12,17,22,30-31H/t17-,22+/m0/s1. The second-order valence-corrected chi connectivity index (χ2v) is 9.34. The second-order valence-electron chi connectivity index (χ2n) is 7.57. The van der Waals surface area contributed by atoms with Crippen LogP contribution >= 0.6 is 31.9 Å². The Morgan fingerprint density at radius 1 is 0.875 bits per heavy atom. The average Bonchev–Trinajstić information content (AvgIpc) is 3.07. The van der Waals surface area contributed by atoms with Gasteiger partial charge in [0.15, 0.2) is 5.78 Å². The molecule has 1 heterocycles. The van der Waals surface area contributed by atoms with Crippen LogP contribution in [-0.4, -0.2) is 16.0 Å². The fourth-order valence-electron chi connectivity index (χ4n) is 4.15. The highest BCUT2D eigenvalue weighted by Gasteiger charge is 2.36. The van der Waals surface area contributed by atoms with Gasteiger partial charge in [0.25, 0.3) is 0 Å². The highest BCUT2D eigenvalue weighted by molar-refractivity contribution is 9.11. The first-order valence-electron chi connectivity index (χ1n) is 9.89. The molecule has 0 bridgehead atoms. The molecule has 3 aromatic rings. The van der Waals surface area contributed by atoms with Crippen molar-refractivity contribution in [3.05, 3.63) is 115 Å². The molecule has 0 saturated carbocycles. The Labute approximate surface area is 201 Å². The Hall–Kier alpha value is -3.03. The fraction of sp³-hybridized carbons (Fsp3) is 0.0800. The normalized spacial score (nSPS) is 19.8. The lowest BCUT2D eigenvalue weighted by atomic mass is 9.85. The van der Waals surface area contributed by atoms with Crippen LogP contribution in [0.4, 0.5) is 0 Å². The van der Waals surface area contributed by atoms with E-state index in [1.165, 1.54) is 0 Å². The van der Waals surface area contributed by atoms with Crippen molar-refractivity contribution in [3.8, 4) is 5.75 Å². The highest BCUT2D eigenvalue weighted by atomic mass is 79.9. The smallest absolute Gasteiger partial charge is 0.199 e. The molecule has 0 radical (unpaired) electrons. The van der Waals surface area contributed by atoms with E-state index >= 15 is 0 Å². The Morgan fingerprint density at radius 2 is 1.56 bits per heavy atom. The van der Waals surface area contributed by atoms with Crippen molar-refractivity contribution in [2.75, 3.05) is 0 Å². The van der Waals surface area contributed by atoms with Gasteiger partial charge in [0.05, 0.1) is 15.7 Å². The van der Waals surface area contributed by atoms with Crippen molar-refractivity contribution < 1.29 is 15.0 Å². The van der Waals surface area contributed by atoms with E-state index in [2.05, 4.69) is 42.1 Å². The van der Waals surface area contributed by atoms with Crippen LogP contribution in [0.3, 0.4) is 0 Å². The van der Waals surface area contributed by atoms with Gasteiger partial charge < -0.3 is 10.2 Å². The maximum Gasteiger partial charge on any atom is 0.199 e. The molecule has 1 aliphatic heterocycles. The largest absolute Gasteiger partial charge is 0.506 e. The molecule has 5 nitrogen and oxygen atoms in total. The number of aromatic hydroxyl groups is 1. The minimum atomic E-state index is -0.517. The lowest BCUT2D eigenvalue weighted by Crippen LogP contribution is -2.13. The number of aliphatic hydroxyl groups excluding tert-OH is 1. The number of nitrogens with zero attached hydrogens (tertiary/aromatic N) is 2. The SMILES string of the molecule is O=C1C(C2=C[C@@H](c3ccccc3)[C@H](c3cc(Br)cc(Br)c3O)N=N2)=C(O)c2ccccc21. The van der Waals surface area contributed by atoms with Gasteiger partial charge in [0, 0.05) is 27.1 Å². The molecule has 0 unspecified atom stereocenters. The molecule has 0 fully saturated rings. The van der Waals surface area contributed by atoms with Crippen LogP contribution in [0.5, 0.6) is 5.75 Å². The third-order valence-electron chi connectivity index (χ3n) is 5.68. The van der Waals surface area contributed by atoms with Gasteiger partial charge in [-0.25, -0.2) is 0 Å². The average molecular weight is 552 g/mol. The molecule has 2 N–H and O–H groups in total. The first kappa shape index (κ1) is 20.8. The zero-order valence-corrected chi connectivity index (χ0v) is 19.7. The molecule has 3 aromatic carbocycles. The number of fused-ring (bicyclic) bond motifs is 1. The summed E-state index contributed by atoms with van der Waals surface area (Å²) in [7, 11) is 0. The van der Waals surface area contributed by atoms with Gasteiger partial charge in [-0.2, -0.15) is 10.2 Å². The molecule has 7 heteroatoms. The molecule has 32 heavy (non-hydrogen) atoms. The second kappa shape index (κ2) is 8.15. The molecule has 0 spiro atoms. The van der Waals surface area contributed by atoms with Gasteiger partial charge in [-0.1, -0.05) is 70.5 Å². The molecule has 0 aromatic heterocycles. The topological polar surface area (TPSA) is 82.2 Å². The third kappa shape index (κ3) is 3.42. The number of aliphatic hydroxyl groups is 1. The maximum atomic E-state index is 13.0. The van der Waals surface area contributed by atoms with Crippen LogP contribution < -0.4 is 0 Å². The number of ketones is 1. The molecular weight excluding hydrogens is 536 g/mol. The predicted octanol–water partition coefficient (Wildman–Crippen LogP) is 7.26. The number of halogens is 2. The number of phenolic OH excluding ortho intramolecular Hbond substituents is 1. The van der Waals surface area contributed by atoms with E-state index in [0.29, 0.717) is 26.9 Å². The van der Waals surface area contributed by atoms with Crippen molar-refractivity contribution in [1.29, 1.82) is 0 Å². The number of phenols is 1. The lowest BCUT2D eigenvalue weighted by molar-refractivity contribution is 0.103. The number of hydrogen-bond donors (Lipinski definition) is 2. The first-order valence-corrected chi connectivity index (χ1v) is 11.5. The molecule has 1 aliphatic carbocycles. The van der Waals surface area contributed by atoms with Gasteiger partial charge >= 0.3 is 0 Å². The van der Waals surface area contributed by atoms with E-state index in [9.17, 15) is 15.0 Å². The van der Waals surface area contributed by atoms with Gasteiger partial charge in [-0.3, -0.25) is 4.79 Å². The minimum Gasteiger partial charge on any atom is -0.506 e. The van der Waals surface area contributed by atoms with E-state index in [0.717, 1.165) is 10.0 Å². The number of Topliss-reactive ketones (excluding diaryl/α,β-unsaturated/α-hetero) is 1. The number of azo groups is 1. The first-order chi connectivity index (χ1) is 15.5. The van der Waals surface area contributed by atoms with Crippen LogP contribution in [0, 0.1) is 0 Å². The Balaban J connectivity index is 1.64. The third-order valence-corrected chi connectivity index (χ3v) is 6.74. The number of hydrogen-bond acceptors (Lipinski definition) is 5. The van der Waals surface area contributed by atoms with E-state index in [4.69, 9.17) is 0 Å². The molecular formula is C25H16Br2N2O3. The van der Waals surface area contributed by atoms with E-state index in [1.807, 2.05) is 42.5 Å². The summed E-state index contributed by atoms with van der Waals surface area (Å²) in [5.74, 6) is -0.593. The Bertz CT molecular complexity index is 1350. The summed E-state index contributed by atoms with van der Waals surface area (Å²) >= 11 is 6.86. The van der Waals surface area contributed by atoms with E-state index in [1.54, 1.807) is 30.3 Å². The zero-order chi connectivity index (χ0) is 22.4. The molecule has 0 amide bonds. The predicted molar refractivity (Wildman–Crippen MR) is 129 cm³/mol. The van der Waals surface area contributed by atoms with Crippen molar-refractivity contribution in [1.82, 2.24) is 0 Å². The summed E-state index contributed by atoms with van der Waals surface area (Å²) in [5, 5.41) is 30.4. The Kier molecular flexibility index (Phi) is 5.31. The number of rotatable bonds is 3. The number of allylic oxidation sites excluding steroid dienone is 1. The molecule has 0 saturated heterocycles. The summed E-state index contributed by atoms with van der Waals surface area (Å²) in [4.78, 5) is 13.0. The van der Waals surface area contributed by atoms with Crippen LogP contribution in [0.15, 0.2) is 103 Å². The van der Waals surface area contributed by atoms with Crippen LogP contribution in [0.1, 0.15) is 39.0 Å². The van der Waals surface area contributed by atoms with Crippen molar-refractivity contribution in [2.24, 2.45) is 10.2 Å². The quantitative estimate of drug-likeness (QED) is 0.359. The van der Waals surface area contributed by atoms with Gasteiger partial charge in [0.2, 0.25) is 0 Å². The van der Waals surface area contributed by atoms with Gasteiger partial charge in [0.1, 0.15) is 17.6 Å². The van der Waals surface area contributed by atoms with Gasteiger partial charge in [-0.15, -0.1) is 0 Å². The summed E-state index contributed by atoms with van der Waals surface area (Å²) in [6.07, 6.45) is 1.84. The Morgan fingerprint density at radius 3 is 2.28 bits per heavy atom. The number of carbonyl (C=O) groups excluding carboxylic acids is 1. The summed E-state index contributed by atoms with van der Waals surface area (Å²) in [6.45, 7) is 0. The van der Waals surface area contributed by atoms with Crippen molar-refractivity contribution >= 4 is 43.4 Å². The van der Waals surface area contributed by atoms with Crippen LogP contribution in [0.25, 0.3) is 5.76 Å². The maximum absolute atomic E-state index is 13.0. The van der Waals surface area contributed by atoms with Crippen molar-refractivity contribution in [3.63, 3.8) is 0 Å². The van der Waals surface area contributed by atoms with Gasteiger partial charge in [-0.05, 0) is 39.7 Å². The van der Waals surface area contributed by atoms with Crippen LogP contribution in [-0.2, 0) is 0 Å². The lowest BCUT2D eigenvalue weighted by Gasteiger charge is -2.26. The van der Waals surface area contributed by atoms with E-state index in [-0.39, 0.29) is 28.8 Å². The summed E-state index contributed by atoms with van der Waals surface area (Å²) < 4.78 is 1.33. The highest BCUT2D eigenvalue weighted by Crippen LogP contribution is 2.47. The number of benzene rings is 3. The fourth-order valence-corrected chi connectivity index (χ4v) is 5.41. The van der Waals surface area contributed by atoms with Crippen LogP contribution in [0.2, 0.25) is 0 Å². The monoisotopic (exact) mass is 550 g/mol. The molecule has 2 aliphatic rings. The zero-order valence-electron chi connectivity index (χ0n) is 16.5. The summed E-state index contributed by atoms with van der Waals surface area (Å²) in [6, 6.07) is 19.7. The number of carbonyl (C=O) groups is 1. The van der Waals surface area contributed by atoms with Crippen molar-refractivity contribution in [2.45, 2.75) is 12.0 Å².